The van der Waals surface area contributed by atoms with Crippen molar-refractivity contribution in [2.75, 3.05) is 13.2 Å². The van der Waals surface area contributed by atoms with Crippen molar-refractivity contribution in [1.82, 2.24) is 5.32 Å². The molecule has 1 saturated carbocycles. The van der Waals surface area contributed by atoms with Crippen molar-refractivity contribution in [2.45, 2.75) is 38.6 Å². The second-order valence-electron chi connectivity index (χ2n) is 5.67. The van der Waals surface area contributed by atoms with Crippen molar-refractivity contribution in [3.63, 3.8) is 0 Å². The molecule has 2 N–H and O–H groups in total. The monoisotopic (exact) mass is 269 g/mol. The summed E-state index contributed by atoms with van der Waals surface area (Å²) in [5.41, 5.74) is 0.545. The van der Waals surface area contributed by atoms with Crippen molar-refractivity contribution < 1.29 is 13.9 Å². The summed E-state index contributed by atoms with van der Waals surface area (Å²) in [6.45, 7) is 2.74. The number of benzene rings is 1. The fourth-order valence-corrected chi connectivity index (χ4v) is 2.83. The average Bonchev–Trinajstić information content (AvgIpc) is 2.84. The molecule has 0 heterocycles. The van der Waals surface area contributed by atoms with Crippen LogP contribution in [0.25, 0.3) is 0 Å². The predicted molar refractivity (Wildman–Crippen MR) is 70.8 cm³/mol. The summed E-state index contributed by atoms with van der Waals surface area (Å²) < 4.78 is 26.3. The first-order valence-corrected chi connectivity index (χ1v) is 6.85. The molecule has 0 aromatic heterocycles. The van der Waals surface area contributed by atoms with E-state index in [1.54, 1.807) is 0 Å². The molecule has 0 saturated heterocycles. The maximum atomic E-state index is 13.2. The Morgan fingerprint density at radius 3 is 2.32 bits per heavy atom. The zero-order valence-corrected chi connectivity index (χ0v) is 11.3. The van der Waals surface area contributed by atoms with Crippen LogP contribution >= 0.6 is 0 Å². The van der Waals surface area contributed by atoms with Crippen LogP contribution in [-0.4, -0.2) is 18.3 Å². The van der Waals surface area contributed by atoms with Crippen molar-refractivity contribution in [2.24, 2.45) is 5.41 Å². The highest BCUT2D eigenvalue weighted by atomic mass is 19.1. The predicted octanol–water partition coefficient (Wildman–Crippen LogP) is 3.17. The standard InChI is InChI=1S/C15H21F2NO/c1-11(12-6-13(16)8-14(17)7-12)18-9-15(10-19)4-2-3-5-15/h6-8,11,18-19H,2-5,9-10H2,1H3. The van der Waals surface area contributed by atoms with E-state index >= 15 is 0 Å². The average molecular weight is 269 g/mol. The van der Waals surface area contributed by atoms with Gasteiger partial charge in [-0.1, -0.05) is 12.8 Å². The lowest BCUT2D eigenvalue weighted by atomic mass is 9.87. The first-order chi connectivity index (χ1) is 9.04. The van der Waals surface area contributed by atoms with Crippen LogP contribution in [0.4, 0.5) is 8.78 Å². The molecule has 2 nitrogen and oxygen atoms in total. The van der Waals surface area contributed by atoms with Crippen molar-refractivity contribution in [3.05, 3.63) is 35.4 Å². The number of halogens is 2. The molecule has 0 amide bonds. The maximum absolute atomic E-state index is 13.2. The summed E-state index contributed by atoms with van der Waals surface area (Å²) in [6, 6.07) is 3.44. The van der Waals surface area contributed by atoms with Crippen molar-refractivity contribution in [1.29, 1.82) is 0 Å². The van der Waals surface area contributed by atoms with Crippen LogP contribution in [-0.2, 0) is 0 Å². The lowest BCUT2D eigenvalue weighted by Gasteiger charge is -2.29. The van der Waals surface area contributed by atoms with Crippen LogP contribution in [0.1, 0.15) is 44.2 Å². The first kappa shape index (κ1) is 14.4. The molecular weight excluding hydrogens is 248 g/mol. The van der Waals surface area contributed by atoms with Gasteiger partial charge in [0, 0.05) is 30.7 Å². The summed E-state index contributed by atoms with van der Waals surface area (Å²) in [4.78, 5) is 0. The second kappa shape index (κ2) is 5.97. The van der Waals surface area contributed by atoms with E-state index in [9.17, 15) is 13.9 Å². The lowest BCUT2D eigenvalue weighted by molar-refractivity contribution is 0.125. The molecule has 1 fully saturated rings. The quantitative estimate of drug-likeness (QED) is 0.860. The molecule has 1 aliphatic rings. The highest BCUT2D eigenvalue weighted by Gasteiger charge is 2.33. The lowest BCUT2D eigenvalue weighted by Crippen LogP contribution is -2.36. The van der Waals surface area contributed by atoms with Gasteiger partial charge in [0.15, 0.2) is 0 Å². The molecule has 106 valence electrons. The van der Waals surface area contributed by atoms with E-state index in [2.05, 4.69) is 5.32 Å². The van der Waals surface area contributed by atoms with Gasteiger partial charge in [-0.05, 0) is 37.5 Å². The minimum absolute atomic E-state index is 0.0554. The third-order valence-corrected chi connectivity index (χ3v) is 4.17. The third-order valence-electron chi connectivity index (χ3n) is 4.17. The summed E-state index contributed by atoms with van der Waals surface area (Å²) in [5.74, 6) is -1.11. The molecule has 4 heteroatoms. The van der Waals surface area contributed by atoms with E-state index in [4.69, 9.17) is 0 Å². The summed E-state index contributed by atoms with van der Waals surface area (Å²) in [7, 11) is 0. The zero-order valence-electron chi connectivity index (χ0n) is 11.3. The molecule has 0 radical (unpaired) electrons. The Morgan fingerprint density at radius 1 is 1.21 bits per heavy atom. The fraction of sp³-hybridized carbons (Fsp3) is 0.600. The largest absolute Gasteiger partial charge is 0.396 e. The van der Waals surface area contributed by atoms with Gasteiger partial charge in [0.2, 0.25) is 0 Å². The molecule has 2 rings (SSSR count). The Kier molecular flexibility index (Phi) is 4.53. The Balaban J connectivity index is 1.98. The summed E-state index contributed by atoms with van der Waals surface area (Å²) in [5, 5.41) is 12.8. The highest BCUT2D eigenvalue weighted by molar-refractivity contribution is 5.21. The van der Waals surface area contributed by atoms with Crippen molar-refractivity contribution in [3.8, 4) is 0 Å². The second-order valence-corrected chi connectivity index (χ2v) is 5.67. The molecule has 1 atom stereocenters. The number of hydrogen-bond acceptors (Lipinski definition) is 2. The van der Waals surface area contributed by atoms with E-state index < -0.39 is 11.6 Å². The minimum atomic E-state index is -0.554. The molecule has 0 bridgehead atoms. The molecule has 1 aromatic carbocycles. The van der Waals surface area contributed by atoms with Gasteiger partial charge in [0.1, 0.15) is 11.6 Å². The Hall–Kier alpha value is -1.00. The van der Waals surface area contributed by atoms with Crippen LogP contribution in [0.3, 0.4) is 0 Å². The van der Waals surface area contributed by atoms with Gasteiger partial charge < -0.3 is 10.4 Å². The zero-order chi connectivity index (χ0) is 13.9. The van der Waals surface area contributed by atoms with Gasteiger partial charge in [-0.3, -0.25) is 0 Å². The van der Waals surface area contributed by atoms with Gasteiger partial charge >= 0.3 is 0 Å². The Morgan fingerprint density at radius 2 is 1.79 bits per heavy atom. The van der Waals surface area contributed by atoms with E-state index in [0.29, 0.717) is 12.1 Å². The van der Waals surface area contributed by atoms with Gasteiger partial charge in [-0.2, -0.15) is 0 Å². The van der Waals surface area contributed by atoms with E-state index in [1.165, 1.54) is 12.1 Å². The van der Waals surface area contributed by atoms with Gasteiger partial charge in [-0.15, -0.1) is 0 Å². The van der Waals surface area contributed by atoms with Crippen LogP contribution in [0.5, 0.6) is 0 Å². The summed E-state index contributed by atoms with van der Waals surface area (Å²) >= 11 is 0. The van der Waals surface area contributed by atoms with Crippen LogP contribution in [0.2, 0.25) is 0 Å². The molecule has 1 unspecified atom stereocenters. The van der Waals surface area contributed by atoms with E-state index in [-0.39, 0.29) is 18.1 Å². The van der Waals surface area contributed by atoms with Crippen LogP contribution < -0.4 is 5.32 Å². The number of nitrogens with one attached hydrogen (secondary N) is 1. The SMILES string of the molecule is CC(NCC1(CO)CCCC1)c1cc(F)cc(F)c1. The topological polar surface area (TPSA) is 32.3 Å². The molecule has 0 aliphatic heterocycles. The molecule has 19 heavy (non-hydrogen) atoms. The van der Waals surface area contributed by atoms with Crippen molar-refractivity contribution >= 4 is 0 Å². The van der Waals surface area contributed by atoms with Crippen LogP contribution in [0, 0.1) is 17.0 Å². The van der Waals surface area contributed by atoms with E-state index in [1.807, 2.05) is 6.92 Å². The van der Waals surface area contributed by atoms with Gasteiger partial charge in [0.25, 0.3) is 0 Å². The smallest absolute Gasteiger partial charge is 0.126 e. The van der Waals surface area contributed by atoms with Crippen LogP contribution in [0.15, 0.2) is 18.2 Å². The molecule has 0 spiro atoms. The fourth-order valence-electron chi connectivity index (χ4n) is 2.83. The molecule has 1 aliphatic carbocycles. The highest BCUT2D eigenvalue weighted by Crippen LogP contribution is 2.37. The van der Waals surface area contributed by atoms with Gasteiger partial charge in [0.05, 0.1) is 0 Å². The number of aliphatic hydroxyl groups is 1. The number of hydrogen-bond donors (Lipinski definition) is 2. The molecular formula is C15H21F2NO. The molecule has 1 aromatic rings. The summed E-state index contributed by atoms with van der Waals surface area (Å²) in [6.07, 6.45) is 4.32. The minimum Gasteiger partial charge on any atom is -0.396 e. The number of rotatable bonds is 5. The van der Waals surface area contributed by atoms with Gasteiger partial charge in [-0.25, -0.2) is 8.78 Å². The normalized spacial score (nSPS) is 19.6. The Labute approximate surface area is 112 Å². The first-order valence-electron chi connectivity index (χ1n) is 6.85. The van der Waals surface area contributed by atoms with E-state index in [0.717, 1.165) is 31.7 Å². The maximum Gasteiger partial charge on any atom is 0.126 e. The Bertz CT molecular complexity index is 410. The third kappa shape index (κ3) is 3.51. The number of aliphatic hydroxyl groups excluding tert-OH is 1.